The fraction of sp³-hybridized carbons (Fsp3) is 1.00. The summed E-state index contributed by atoms with van der Waals surface area (Å²) >= 11 is 0. The molecule has 0 rings (SSSR count). The average Bonchev–Trinajstić information content (AvgIpc) is 2.15. The molecular weight excluding hydrogens is 262 g/mol. The fourth-order valence-electron chi connectivity index (χ4n) is 0.940. The highest BCUT2D eigenvalue weighted by molar-refractivity contribution is 7.53. The van der Waals surface area contributed by atoms with Crippen LogP contribution in [0.1, 0.15) is 0 Å². The summed E-state index contributed by atoms with van der Waals surface area (Å²) in [6, 6.07) is 0. The molecule has 2 atom stereocenters. The average molecular weight is 278 g/mol. The summed E-state index contributed by atoms with van der Waals surface area (Å²) in [7, 11) is -5.75. The van der Waals surface area contributed by atoms with Gasteiger partial charge >= 0.3 is 15.2 Å². The SMILES string of the molecule is COP(=O)(CC(O)C(O)CP(=O)(O)O)OC. The lowest BCUT2D eigenvalue weighted by atomic mass is 10.3. The van der Waals surface area contributed by atoms with Crippen molar-refractivity contribution < 1.29 is 38.2 Å². The van der Waals surface area contributed by atoms with Crippen molar-refractivity contribution in [2.45, 2.75) is 12.2 Å². The Labute approximate surface area is 92.9 Å². The van der Waals surface area contributed by atoms with Gasteiger partial charge in [-0.3, -0.25) is 9.13 Å². The second-order valence-electron chi connectivity index (χ2n) is 3.14. The lowest BCUT2D eigenvalue weighted by molar-refractivity contribution is 0.0409. The second-order valence-corrected chi connectivity index (χ2v) is 7.15. The van der Waals surface area contributed by atoms with Crippen LogP contribution in [0.4, 0.5) is 0 Å². The highest BCUT2D eigenvalue weighted by Gasteiger charge is 2.32. The van der Waals surface area contributed by atoms with E-state index in [-0.39, 0.29) is 0 Å². The van der Waals surface area contributed by atoms with Crippen LogP contribution in [0.5, 0.6) is 0 Å². The number of aliphatic hydroxyl groups is 2. The standard InChI is InChI=1S/C6H16O8P2/c1-13-16(12,14-2)4-6(8)5(7)3-15(9,10)11/h5-8H,3-4H2,1-2H3,(H2,9,10,11). The molecule has 8 nitrogen and oxygen atoms in total. The molecule has 0 saturated carbocycles. The summed E-state index contributed by atoms with van der Waals surface area (Å²) in [5, 5.41) is 18.6. The Morgan fingerprint density at radius 2 is 1.38 bits per heavy atom. The van der Waals surface area contributed by atoms with Gasteiger partial charge in [0.05, 0.1) is 24.5 Å². The molecule has 10 heteroatoms. The zero-order chi connectivity index (χ0) is 13.0. The quantitative estimate of drug-likeness (QED) is 0.452. The highest BCUT2D eigenvalue weighted by atomic mass is 31.2. The van der Waals surface area contributed by atoms with Gasteiger partial charge in [-0.1, -0.05) is 0 Å². The molecule has 4 N–H and O–H groups in total. The Hall–Kier alpha value is 0.220. The maximum atomic E-state index is 11.5. The lowest BCUT2D eigenvalue weighted by Crippen LogP contribution is -2.32. The van der Waals surface area contributed by atoms with E-state index in [1.165, 1.54) is 0 Å². The highest BCUT2D eigenvalue weighted by Crippen LogP contribution is 2.47. The van der Waals surface area contributed by atoms with Gasteiger partial charge in [0.2, 0.25) is 0 Å². The van der Waals surface area contributed by atoms with Crippen molar-refractivity contribution in [3.63, 3.8) is 0 Å². The normalized spacial score (nSPS) is 17.1. The van der Waals surface area contributed by atoms with E-state index in [4.69, 9.17) is 9.79 Å². The molecule has 0 aromatic heterocycles. The largest absolute Gasteiger partial charge is 0.390 e. The van der Waals surface area contributed by atoms with Crippen molar-refractivity contribution in [3.8, 4) is 0 Å². The number of aliphatic hydroxyl groups excluding tert-OH is 2. The minimum absolute atomic E-state index is 0.541. The smallest absolute Gasteiger partial charge is 0.332 e. The van der Waals surface area contributed by atoms with Crippen molar-refractivity contribution in [2.24, 2.45) is 0 Å². The van der Waals surface area contributed by atoms with Crippen LogP contribution in [-0.4, -0.2) is 58.8 Å². The third kappa shape index (κ3) is 6.08. The molecule has 0 fully saturated rings. The van der Waals surface area contributed by atoms with E-state index in [9.17, 15) is 19.3 Å². The molecule has 0 heterocycles. The molecule has 0 spiro atoms. The van der Waals surface area contributed by atoms with Crippen LogP contribution in [0.2, 0.25) is 0 Å². The Bertz CT molecular complexity index is 291. The first kappa shape index (κ1) is 16.2. The van der Waals surface area contributed by atoms with E-state index < -0.39 is 39.7 Å². The Morgan fingerprint density at radius 1 is 1.00 bits per heavy atom. The van der Waals surface area contributed by atoms with Crippen LogP contribution in [-0.2, 0) is 18.2 Å². The Kier molecular flexibility index (Phi) is 6.32. The van der Waals surface area contributed by atoms with E-state index in [1.54, 1.807) is 0 Å². The summed E-state index contributed by atoms with van der Waals surface area (Å²) in [6.45, 7) is 0. The van der Waals surface area contributed by atoms with E-state index >= 15 is 0 Å². The van der Waals surface area contributed by atoms with E-state index in [2.05, 4.69) is 9.05 Å². The zero-order valence-electron chi connectivity index (χ0n) is 8.89. The van der Waals surface area contributed by atoms with Crippen molar-refractivity contribution in [1.29, 1.82) is 0 Å². The minimum atomic E-state index is -4.44. The van der Waals surface area contributed by atoms with Gasteiger partial charge in [-0.05, 0) is 0 Å². The predicted molar refractivity (Wildman–Crippen MR) is 55.4 cm³/mol. The lowest BCUT2D eigenvalue weighted by Gasteiger charge is -2.21. The van der Waals surface area contributed by atoms with Gasteiger partial charge < -0.3 is 29.0 Å². The van der Waals surface area contributed by atoms with Crippen molar-refractivity contribution in [2.75, 3.05) is 26.5 Å². The van der Waals surface area contributed by atoms with Gasteiger partial charge in [0.1, 0.15) is 0 Å². The molecular formula is C6H16O8P2. The molecule has 2 unspecified atom stereocenters. The van der Waals surface area contributed by atoms with Crippen LogP contribution in [0.25, 0.3) is 0 Å². The second kappa shape index (κ2) is 6.23. The third-order valence-electron chi connectivity index (χ3n) is 1.84. The van der Waals surface area contributed by atoms with Gasteiger partial charge in [0.15, 0.2) is 0 Å². The maximum absolute atomic E-state index is 11.5. The molecule has 0 bridgehead atoms. The molecule has 0 aromatic carbocycles. The van der Waals surface area contributed by atoms with Crippen LogP contribution < -0.4 is 0 Å². The van der Waals surface area contributed by atoms with Crippen molar-refractivity contribution in [1.82, 2.24) is 0 Å². The molecule has 16 heavy (non-hydrogen) atoms. The topological polar surface area (TPSA) is 134 Å². The van der Waals surface area contributed by atoms with E-state index in [0.717, 1.165) is 14.2 Å². The van der Waals surface area contributed by atoms with Crippen LogP contribution in [0, 0.1) is 0 Å². The number of hydrogen-bond donors (Lipinski definition) is 4. The summed E-state index contributed by atoms with van der Waals surface area (Å²) in [5.74, 6) is 0. The van der Waals surface area contributed by atoms with E-state index in [0.29, 0.717) is 0 Å². The maximum Gasteiger partial charge on any atom is 0.332 e. The van der Waals surface area contributed by atoms with Crippen molar-refractivity contribution in [3.05, 3.63) is 0 Å². The first-order valence-corrected chi connectivity index (χ1v) is 7.77. The van der Waals surface area contributed by atoms with Gasteiger partial charge in [-0.25, -0.2) is 0 Å². The zero-order valence-corrected chi connectivity index (χ0v) is 10.7. The Balaban J connectivity index is 4.41. The van der Waals surface area contributed by atoms with Crippen LogP contribution in [0.15, 0.2) is 0 Å². The molecule has 98 valence electrons. The molecule has 0 aromatic rings. The van der Waals surface area contributed by atoms with Crippen LogP contribution in [0.3, 0.4) is 0 Å². The van der Waals surface area contributed by atoms with E-state index in [1.807, 2.05) is 0 Å². The van der Waals surface area contributed by atoms with Gasteiger partial charge in [-0.2, -0.15) is 0 Å². The molecule has 0 aliphatic carbocycles. The minimum Gasteiger partial charge on any atom is -0.390 e. The van der Waals surface area contributed by atoms with Crippen LogP contribution >= 0.6 is 15.2 Å². The number of hydrogen-bond acceptors (Lipinski definition) is 6. The molecule has 0 aliphatic heterocycles. The summed E-state index contributed by atoms with van der Waals surface area (Å²) in [5.41, 5.74) is 0. The van der Waals surface area contributed by atoms with Gasteiger partial charge in [-0.15, -0.1) is 0 Å². The molecule has 0 amide bonds. The summed E-state index contributed by atoms with van der Waals surface area (Å²) in [6.07, 6.45) is -4.75. The first-order valence-electron chi connectivity index (χ1n) is 4.25. The van der Waals surface area contributed by atoms with Gasteiger partial charge in [0, 0.05) is 14.2 Å². The van der Waals surface area contributed by atoms with Gasteiger partial charge in [0.25, 0.3) is 0 Å². The number of rotatable bonds is 7. The molecule has 0 radical (unpaired) electrons. The van der Waals surface area contributed by atoms with Crippen molar-refractivity contribution >= 4 is 15.2 Å². The molecule has 0 aliphatic rings. The fourth-order valence-corrected chi connectivity index (χ4v) is 2.82. The Morgan fingerprint density at radius 3 is 1.69 bits per heavy atom. The molecule has 0 saturated heterocycles. The third-order valence-corrected chi connectivity index (χ3v) is 4.62. The summed E-state index contributed by atoms with van der Waals surface area (Å²) in [4.78, 5) is 17.1. The first-order chi connectivity index (χ1) is 7.13. The predicted octanol–water partition coefficient (Wildman–Crippen LogP) is -0.628. The summed E-state index contributed by atoms with van der Waals surface area (Å²) < 4.78 is 31.1. The monoisotopic (exact) mass is 278 g/mol.